The number of halogens is 2. The van der Waals surface area contributed by atoms with Crippen LogP contribution in [0.25, 0.3) is 0 Å². The molecule has 0 fully saturated rings. The monoisotopic (exact) mass is 411 g/mol. The fraction of sp³-hybridized carbons (Fsp3) is 0.222. The highest BCUT2D eigenvalue weighted by Gasteiger charge is 2.43. The fourth-order valence-electron chi connectivity index (χ4n) is 2.42. The fourth-order valence-corrected chi connectivity index (χ4v) is 3.36. The maximum atomic E-state index is 13.0. The van der Waals surface area contributed by atoms with Gasteiger partial charge >= 0.3 is 12.3 Å². The summed E-state index contributed by atoms with van der Waals surface area (Å²) in [5.74, 6) is -1.54. The van der Waals surface area contributed by atoms with Crippen molar-refractivity contribution in [3.05, 3.63) is 48.0 Å². The van der Waals surface area contributed by atoms with E-state index in [-0.39, 0.29) is 22.7 Å². The van der Waals surface area contributed by atoms with Crippen LogP contribution in [0.15, 0.2) is 47.4 Å². The average molecular weight is 411 g/mol. The number of hydrogen-bond donors (Lipinski definition) is 1. The Labute approximate surface area is 161 Å². The predicted molar refractivity (Wildman–Crippen MR) is 94.9 cm³/mol. The van der Waals surface area contributed by atoms with Gasteiger partial charge in [-0.25, -0.2) is 4.79 Å². The van der Waals surface area contributed by atoms with E-state index in [4.69, 9.17) is 4.74 Å². The van der Waals surface area contributed by atoms with Crippen LogP contribution < -0.4 is 14.8 Å². The van der Waals surface area contributed by atoms with Crippen LogP contribution in [0, 0.1) is 0 Å². The molecule has 2 aromatic carbocycles. The lowest BCUT2D eigenvalue weighted by molar-refractivity contribution is -0.286. The molecule has 7 nitrogen and oxygen atoms in total. The molecule has 0 saturated carbocycles. The molecule has 10 heteroatoms. The van der Waals surface area contributed by atoms with Gasteiger partial charge in [0.2, 0.25) is 0 Å². The molecule has 0 radical (unpaired) electrons. The molecule has 1 aliphatic rings. The third-order valence-corrected chi connectivity index (χ3v) is 5.00. The summed E-state index contributed by atoms with van der Waals surface area (Å²) < 4.78 is 51.5. The molecular formula is C18H15F2NO6S. The Bertz CT molecular complexity index is 949. The summed E-state index contributed by atoms with van der Waals surface area (Å²) in [6, 6.07) is 9.97. The molecule has 0 aliphatic carbocycles. The van der Waals surface area contributed by atoms with Gasteiger partial charge in [-0.15, -0.1) is 8.78 Å². The van der Waals surface area contributed by atoms with Crippen molar-refractivity contribution >= 4 is 28.4 Å². The standard InChI is InChI=1S/C18H15F2NO6S/c1-2-28(24)15-6-4-3-5-12(15)17(23)25-10-16(22)21-11-7-8-13-14(9-11)27-18(19,20)26-13/h3-9H,2,10H2,1H3,(H,21,22)/t28-/m0/s1. The van der Waals surface area contributed by atoms with Crippen molar-refractivity contribution in [3.8, 4) is 11.5 Å². The van der Waals surface area contributed by atoms with Gasteiger partial charge in [0, 0.05) is 17.5 Å². The summed E-state index contributed by atoms with van der Waals surface area (Å²) in [6.45, 7) is 1.10. The van der Waals surface area contributed by atoms with Crippen LogP contribution in [-0.2, 0) is 20.3 Å². The maximum absolute atomic E-state index is 13.0. The normalized spacial score (nSPS) is 15.0. The molecule has 0 saturated heterocycles. The van der Waals surface area contributed by atoms with E-state index in [9.17, 15) is 22.6 Å². The van der Waals surface area contributed by atoms with Crippen molar-refractivity contribution in [2.24, 2.45) is 0 Å². The molecule has 0 aromatic heterocycles. The van der Waals surface area contributed by atoms with Crippen molar-refractivity contribution < 1.29 is 36.8 Å². The minimum atomic E-state index is -3.76. The van der Waals surface area contributed by atoms with Crippen LogP contribution in [-0.4, -0.2) is 34.7 Å². The summed E-state index contributed by atoms with van der Waals surface area (Å²) in [4.78, 5) is 24.5. The van der Waals surface area contributed by atoms with E-state index < -0.39 is 35.6 Å². The molecule has 3 rings (SSSR count). The first-order chi connectivity index (χ1) is 13.3. The quantitative estimate of drug-likeness (QED) is 0.735. The number of amides is 1. The molecule has 1 N–H and O–H groups in total. The van der Waals surface area contributed by atoms with Crippen LogP contribution >= 0.6 is 0 Å². The first-order valence-electron chi connectivity index (χ1n) is 8.13. The molecule has 28 heavy (non-hydrogen) atoms. The second kappa shape index (κ2) is 7.93. The molecule has 0 bridgehead atoms. The smallest absolute Gasteiger partial charge is 0.452 e. The number of esters is 1. The molecule has 2 aromatic rings. The molecular weight excluding hydrogens is 396 g/mol. The second-order valence-corrected chi connectivity index (χ2v) is 7.29. The minimum Gasteiger partial charge on any atom is -0.452 e. The molecule has 0 unspecified atom stereocenters. The third kappa shape index (κ3) is 4.45. The first kappa shape index (κ1) is 19.7. The van der Waals surface area contributed by atoms with E-state index in [0.717, 1.165) is 6.07 Å². The Morgan fingerprint density at radius 3 is 2.61 bits per heavy atom. The van der Waals surface area contributed by atoms with Gasteiger partial charge in [-0.2, -0.15) is 0 Å². The van der Waals surface area contributed by atoms with Crippen LogP contribution in [0.1, 0.15) is 17.3 Å². The molecule has 1 aliphatic heterocycles. The zero-order valence-electron chi connectivity index (χ0n) is 14.6. The van der Waals surface area contributed by atoms with E-state index >= 15 is 0 Å². The van der Waals surface area contributed by atoms with Crippen LogP contribution in [0.2, 0.25) is 0 Å². The van der Waals surface area contributed by atoms with Gasteiger partial charge in [0.05, 0.1) is 21.3 Å². The van der Waals surface area contributed by atoms with Gasteiger partial charge in [-0.3, -0.25) is 9.00 Å². The van der Waals surface area contributed by atoms with Crippen molar-refractivity contribution in [3.63, 3.8) is 0 Å². The molecule has 1 amide bonds. The molecule has 148 valence electrons. The highest BCUT2D eigenvalue weighted by Crippen LogP contribution is 2.42. The maximum Gasteiger partial charge on any atom is 0.586 e. The van der Waals surface area contributed by atoms with Gasteiger partial charge in [-0.05, 0) is 24.3 Å². The summed E-state index contributed by atoms with van der Waals surface area (Å²) in [5, 5.41) is 2.40. The molecule has 1 heterocycles. The van der Waals surface area contributed by atoms with Gasteiger partial charge in [-0.1, -0.05) is 19.1 Å². The van der Waals surface area contributed by atoms with Crippen molar-refractivity contribution in [2.45, 2.75) is 18.1 Å². The molecule has 0 spiro atoms. The Morgan fingerprint density at radius 2 is 1.86 bits per heavy atom. The SMILES string of the molecule is CC[S@](=O)c1ccccc1C(=O)OCC(=O)Nc1ccc2c(c1)OC(F)(F)O2. The van der Waals surface area contributed by atoms with E-state index in [1.54, 1.807) is 25.1 Å². The van der Waals surface area contributed by atoms with E-state index in [0.29, 0.717) is 10.6 Å². The van der Waals surface area contributed by atoms with Crippen LogP contribution in [0.5, 0.6) is 11.5 Å². The average Bonchev–Trinajstić information content (AvgIpc) is 2.98. The number of benzene rings is 2. The van der Waals surface area contributed by atoms with Crippen LogP contribution in [0.3, 0.4) is 0 Å². The van der Waals surface area contributed by atoms with Gasteiger partial charge in [0.25, 0.3) is 5.91 Å². The van der Waals surface area contributed by atoms with Gasteiger partial charge < -0.3 is 19.5 Å². The number of alkyl halides is 2. The zero-order chi connectivity index (χ0) is 20.3. The number of anilines is 1. The zero-order valence-corrected chi connectivity index (χ0v) is 15.4. The predicted octanol–water partition coefficient (Wildman–Crippen LogP) is 2.93. The van der Waals surface area contributed by atoms with Gasteiger partial charge in [0.15, 0.2) is 18.1 Å². The minimum absolute atomic E-state index is 0.112. The lowest BCUT2D eigenvalue weighted by Crippen LogP contribution is -2.25. The number of carbonyl (C=O) groups is 2. The third-order valence-electron chi connectivity index (χ3n) is 3.63. The Balaban J connectivity index is 1.60. The summed E-state index contributed by atoms with van der Waals surface area (Å²) in [6.07, 6.45) is -3.76. The van der Waals surface area contributed by atoms with Gasteiger partial charge in [0.1, 0.15) is 0 Å². The topological polar surface area (TPSA) is 90.9 Å². The van der Waals surface area contributed by atoms with Crippen molar-refractivity contribution in [2.75, 3.05) is 17.7 Å². The number of ether oxygens (including phenoxy) is 3. The van der Waals surface area contributed by atoms with E-state index in [1.807, 2.05) is 0 Å². The van der Waals surface area contributed by atoms with Crippen molar-refractivity contribution in [1.29, 1.82) is 0 Å². The summed E-state index contributed by atoms with van der Waals surface area (Å²) in [5.41, 5.74) is 0.273. The van der Waals surface area contributed by atoms with Crippen molar-refractivity contribution in [1.82, 2.24) is 0 Å². The summed E-state index contributed by atoms with van der Waals surface area (Å²) in [7, 11) is -1.36. The Morgan fingerprint density at radius 1 is 1.14 bits per heavy atom. The van der Waals surface area contributed by atoms with Crippen LogP contribution in [0.4, 0.5) is 14.5 Å². The second-order valence-electron chi connectivity index (χ2n) is 5.58. The number of carbonyl (C=O) groups excluding carboxylic acids is 2. The van der Waals surface area contributed by atoms with E-state index in [2.05, 4.69) is 14.8 Å². The Kier molecular flexibility index (Phi) is 5.59. The lowest BCUT2D eigenvalue weighted by atomic mass is 10.2. The Hall–Kier alpha value is -3.01. The number of rotatable bonds is 6. The van der Waals surface area contributed by atoms with E-state index in [1.165, 1.54) is 18.2 Å². The largest absolute Gasteiger partial charge is 0.586 e. The molecule has 1 atom stereocenters. The number of hydrogen-bond acceptors (Lipinski definition) is 6. The highest BCUT2D eigenvalue weighted by molar-refractivity contribution is 7.85. The first-order valence-corrected chi connectivity index (χ1v) is 9.45. The number of fused-ring (bicyclic) bond motifs is 1. The number of nitrogens with one attached hydrogen (secondary N) is 1. The summed E-state index contributed by atoms with van der Waals surface area (Å²) >= 11 is 0. The lowest BCUT2D eigenvalue weighted by Gasteiger charge is -2.09. The highest BCUT2D eigenvalue weighted by atomic mass is 32.2.